The lowest BCUT2D eigenvalue weighted by atomic mass is 9.91. The maximum absolute atomic E-state index is 14.3. The number of rotatable bonds is 5. The lowest BCUT2D eigenvalue weighted by molar-refractivity contribution is -0.140. The summed E-state index contributed by atoms with van der Waals surface area (Å²) in [6.07, 6.45) is 1.78. The Bertz CT molecular complexity index is 1040. The quantitative estimate of drug-likeness (QED) is 0.684. The summed E-state index contributed by atoms with van der Waals surface area (Å²) in [7, 11) is -3.22. The first-order valence-electron chi connectivity index (χ1n) is 9.63. The van der Waals surface area contributed by atoms with E-state index in [1.54, 1.807) is 0 Å². The summed E-state index contributed by atoms with van der Waals surface area (Å²) in [5.41, 5.74) is -2.19. The third-order valence-electron chi connectivity index (χ3n) is 5.87. The lowest BCUT2D eigenvalue weighted by Gasteiger charge is -2.30. The number of hydrogen-bond acceptors (Lipinski definition) is 5. The molecule has 3 aliphatic rings. The van der Waals surface area contributed by atoms with E-state index in [1.165, 1.54) is 11.8 Å². The highest BCUT2D eigenvalue weighted by atomic mass is 32.2. The number of urea groups is 1. The third kappa shape index (κ3) is 3.55. The number of carbonyl (C=O) groups is 3. The van der Waals surface area contributed by atoms with Crippen molar-refractivity contribution in [2.75, 3.05) is 18.1 Å². The minimum Gasteiger partial charge on any atom is -0.334 e. The van der Waals surface area contributed by atoms with E-state index in [2.05, 4.69) is 5.32 Å². The molecule has 4 rings (SSSR count). The van der Waals surface area contributed by atoms with Crippen LogP contribution in [0.1, 0.15) is 31.7 Å². The van der Waals surface area contributed by atoms with Crippen LogP contribution in [0.25, 0.3) is 0 Å². The Labute approximate surface area is 172 Å². The molecule has 0 radical (unpaired) electrons. The lowest BCUT2D eigenvalue weighted by Crippen LogP contribution is -2.49. The summed E-state index contributed by atoms with van der Waals surface area (Å²) in [6.45, 7) is 0.655. The molecular weight excluding hydrogens is 420 g/mol. The van der Waals surface area contributed by atoms with Crippen LogP contribution in [0.4, 0.5) is 13.6 Å². The molecule has 8 nitrogen and oxygen atoms in total. The van der Waals surface area contributed by atoms with E-state index < -0.39 is 57.4 Å². The SMILES string of the molecule is CC1(c2cc(F)ccc2F)NC(=O)N(CC(=O)N(C2CC2)C2CCS(=O)(=O)C2)C1=O. The van der Waals surface area contributed by atoms with Crippen molar-refractivity contribution in [3.8, 4) is 0 Å². The van der Waals surface area contributed by atoms with Gasteiger partial charge in [0.1, 0.15) is 23.7 Å². The van der Waals surface area contributed by atoms with Crippen molar-refractivity contribution in [2.45, 2.75) is 43.8 Å². The summed E-state index contributed by atoms with van der Waals surface area (Å²) in [5, 5.41) is 2.35. The fraction of sp³-hybridized carbons (Fsp3) is 0.526. The second-order valence-corrected chi connectivity index (χ2v) is 10.4. The number of amides is 4. The molecular formula is C19H21F2N3O5S. The Hall–Kier alpha value is -2.56. The van der Waals surface area contributed by atoms with Gasteiger partial charge in [0.15, 0.2) is 9.84 Å². The van der Waals surface area contributed by atoms with Gasteiger partial charge in [-0.25, -0.2) is 22.0 Å². The zero-order valence-electron chi connectivity index (χ0n) is 16.2. The number of halogens is 2. The molecule has 1 N–H and O–H groups in total. The highest BCUT2D eigenvalue weighted by molar-refractivity contribution is 7.91. The van der Waals surface area contributed by atoms with Crippen molar-refractivity contribution in [1.82, 2.24) is 15.1 Å². The third-order valence-corrected chi connectivity index (χ3v) is 7.62. The maximum atomic E-state index is 14.3. The van der Waals surface area contributed by atoms with Crippen molar-refractivity contribution < 1.29 is 31.6 Å². The van der Waals surface area contributed by atoms with Crippen LogP contribution >= 0.6 is 0 Å². The Morgan fingerprint density at radius 2 is 1.93 bits per heavy atom. The Morgan fingerprint density at radius 3 is 2.53 bits per heavy atom. The molecule has 1 aromatic carbocycles. The zero-order valence-corrected chi connectivity index (χ0v) is 17.0. The first-order chi connectivity index (χ1) is 14.0. The number of sulfone groups is 1. The van der Waals surface area contributed by atoms with Gasteiger partial charge in [-0.1, -0.05) is 0 Å². The molecule has 2 unspecified atom stereocenters. The summed E-state index contributed by atoms with van der Waals surface area (Å²) in [5.74, 6) is -3.19. The van der Waals surface area contributed by atoms with E-state index in [9.17, 15) is 31.6 Å². The first kappa shape index (κ1) is 20.7. The van der Waals surface area contributed by atoms with Crippen molar-refractivity contribution >= 4 is 27.7 Å². The molecule has 162 valence electrons. The van der Waals surface area contributed by atoms with E-state index in [0.717, 1.165) is 31.0 Å². The topological polar surface area (TPSA) is 104 Å². The number of nitrogens with one attached hydrogen (secondary N) is 1. The highest BCUT2D eigenvalue weighted by Crippen LogP contribution is 2.34. The van der Waals surface area contributed by atoms with Crippen LogP contribution in [0.5, 0.6) is 0 Å². The molecule has 0 spiro atoms. The molecule has 4 amide bonds. The van der Waals surface area contributed by atoms with Gasteiger partial charge in [-0.3, -0.25) is 14.5 Å². The normalized spacial score (nSPS) is 28.0. The Morgan fingerprint density at radius 1 is 1.23 bits per heavy atom. The second kappa shape index (κ2) is 7.00. The number of benzene rings is 1. The van der Waals surface area contributed by atoms with Gasteiger partial charge in [-0.2, -0.15) is 0 Å². The molecule has 1 saturated carbocycles. The van der Waals surface area contributed by atoms with E-state index in [0.29, 0.717) is 11.3 Å². The van der Waals surface area contributed by atoms with Gasteiger partial charge in [-0.15, -0.1) is 0 Å². The first-order valence-corrected chi connectivity index (χ1v) is 11.5. The fourth-order valence-electron chi connectivity index (χ4n) is 4.17. The van der Waals surface area contributed by atoms with Gasteiger partial charge >= 0.3 is 6.03 Å². The molecule has 0 aromatic heterocycles. The van der Waals surface area contributed by atoms with Crippen LogP contribution < -0.4 is 5.32 Å². The van der Waals surface area contributed by atoms with Crippen LogP contribution in [0.15, 0.2) is 18.2 Å². The van der Waals surface area contributed by atoms with Crippen molar-refractivity contribution in [2.24, 2.45) is 0 Å². The zero-order chi connectivity index (χ0) is 21.8. The number of carbonyl (C=O) groups excluding carboxylic acids is 3. The van der Waals surface area contributed by atoms with Crippen LogP contribution in [-0.4, -0.2) is 66.2 Å². The van der Waals surface area contributed by atoms with Gasteiger partial charge in [0.2, 0.25) is 5.91 Å². The van der Waals surface area contributed by atoms with E-state index in [4.69, 9.17) is 0 Å². The molecule has 11 heteroatoms. The minimum atomic E-state index is -3.22. The van der Waals surface area contributed by atoms with E-state index in [1.807, 2.05) is 0 Å². The summed E-state index contributed by atoms with van der Waals surface area (Å²) in [6, 6.07) is 1.10. The van der Waals surface area contributed by atoms with Gasteiger partial charge < -0.3 is 10.2 Å². The smallest absolute Gasteiger partial charge is 0.325 e. The molecule has 3 fully saturated rings. The monoisotopic (exact) mass is 441 g/mol. The fourth-order valence-corrected chi connectivity index (χ4v) is 5.88. The predicted octanol–water partition coefficient (Wildman–Crippen LogP) is 0.910. The molecule has 1 aromatic rings. The van der Waals surface area contributed by atoms with Gasteiger partial charge in [0.25, 0.3) is 5.91 Å². The summed E-state index contributed by atoms with van der Waals surface area (Å²) in [4.78, 5) is 40.5. The number of imide groups is 1. The van der Waals surface area contributed by atoms with Crippen molar-refractivity contribution in [3.63, 3.8) is 0 Å². The summed E-state index contributed by atoms with van der Waals surface area (Å²) < 4.78 is 51.5. The Kier molecular flexibility index (Phi) is 4.83. The Balaban J connectivity index is 1.56. The summed E-state index contributed by atoms with van der Waals surface area (Å²) >= 11 is 0. The minimum absolute atomic E-state index is 0.00574. The molecule has 2 aliphatic heterocycles. The standard InChI is InChI=1S/C19H21F2N3O5S/c1-19(14-8-11(20)2-5-15(14)21)17(26)23(18(27)22-19)9-16(25)24(12-3-4-12)13-6-7-30(28,29)10-13/h2,5,8,12-13H,3-4,6-7,9-10H2,1H3,(H,22,27). The average molecular weight is 441 g/mol. The number of nitrogens with zero attached hydrogens (tertiary/aromatic N) is 2. The number of hydrogen-bond donors (Lipinski definition) is 1. The van der Waals surface area contributed by atoms with Gasteiger partial charge in [0.05, 0.1) is 11.5 Å². The maximum Gasteiger partial charge on any atom is 0.325 e. The van der Waals surface area contributed by atoms with Crippen molar-refractivity contribution in [1.29, 1.82) is 0 Å². The average Bonchev–Trinajstić information content (AvgIpc) is 3.39. The molecule has 2 atom stereocenters. The largest absolute Gasteiger partial charge is 0.334 e. The second-order valence-electron chi connectivity index (χ2n) is 8.16. The van der Waals surface area contributed by atoms with Crippen LogP contribution in [0.2, 0.25) is 0 Å². The van der Waals surface area contributed by atoms with Crippen LogP contribution in [-0.2, 0) is 25.0 Å². The highest BCUT2D eigenvalue weighted by Gasteiger charge is 2.52. The van der Waals surface area contributed by atoms with Crippen molar-refractivity contribution in [3.05, 3.63) is 35.4 Å². The molecule has 2 saturated heterocycles. The predicted molar refractivity (Wildman–Crippen MR) is 101 cm³/mol. The molecule has 2 heterocycles. The van der Waals surface area contributed by atoms with Gasteiger partial charge in [0, 0.05) is 17.6 Å². The van der Waals surface area contributed by atoms with Crippen LogP contribution in [0.3, 0.4) is 0 Å². The molecule has 1 aliphatic carbocycles. The van der Waals surface area contributed by atoms with E-state index >= 15 is 0 Å². The molecule has 0 bridgehead atoms. The molecule has 30 heavy (non-hydrogen) atoms. The van der Waals surface area contributed by atoms with E-state index in [-0.39, 0.29) is 23.1 Å². The van der Waals surface area contributed by atoms with Gasteiger partial charge in [-0.05, 0) is 44.4 Å². The van der Waals surface area contributed by atoms with Crippen LogP contribution in [0, 0.1) is 11.6 Å².